The third-order valence-electron chi connectivity index (χ3n) is 3.28. The topological polar surface area (TPSA) is 98.7 Å². The Morgan fingerprint density at radius 3 is 2.24 bits per heavy atom. The average Bonchev–Trinajstić information content (AvgIpc) is 2.28. The van der Waals surface area contributed by atoms with Crippen molar-refractivity contribution in [1.82, 2.24) is 15.5 Å². The molecule has 1 aliphatic rings. The SMILES string of the molecule is CC(C)(C)NC(=O)NC(=O)CN1CCC(CC(=O)O)CC1. The number of amides is 3. The number of carboxylic acids is 1. The molecule has 0 radical (unpaired) electrons. The van der Waals surface area contributed by atoms with Gasteiger partial charge >= 0.3 is 12.0 Å². The van der Waals surface area contributed by atoms with Crippen molar-refractivity contribution in [3.05, 3.63) is 0 Å². The second-order valence-electron chi connectivity index (χ2n) is 6.57. The van der Waals surface area contributed by atoms with Gasteiger partial charge in [-0.25, -0.2) is 4.79 Å². The molecular formula is C14H25N3O4. The maximum Gasteiger partial charge on any atom is 0.321 e. The number of hydrogen-bond acceptors (Lipinski definition) is 4. The normalized spacial score (nSPS) is 17.3. The summed E-state index contributed by atoms with van der Waals surface area (Å²) in [5.41, 5.74) is -0.389. The van der Waals surface area contributed by atoms with E-state index in [1.165, 1.54) is 0 Å². The summed E-state index contributed by atoms with van der Waals surface area (Å²) < 4.78 is 0. The van der Waals surface area contributed by atoms with E-state index >= 15 is 0 Å². The number of carbonyl (C=O) groups is 3. The van der Waals surface area contributed by atoms with Crippen molar-refractivity contribution in [2.75, 3.05) is 19.6 Å². The first-order chi connectivity index (χ1) is 9.65. The van der Waals surface area contributed by atoms with Crippen LogP contribution in [0.5, 0.6) is 0 Å². The van der Waals surface area contributed by atoms with E-state index in [0.717, 1.165) is 12.8 Å². The molecule has 1 rings (SSSR count). The van der Waals surface area contributed by atoms with Crippen molar-refractivity contribution in [1.29, 1.82) is 0 Å². The fourth-order valence-electron chi connectivity index (χ4n) is 2.34. The van der Waals surface area contributed by atoms with E-state index in [9.17, 15) is 14.4 Å². The molecule has 0 aromatic rings. The van der Waals surface area contributed by atoms with Crippen LogP contribution in [0.25, 0.3) is 0 Å². The second kappa shape index (κ2) is 7.40. The standard InChI is InChI=1S/C14H25N3O4/c1-14(2,3)16-13(21)15-11(18)9-17-6-4-10(5-7-17)8-12(19)20/h10H,4-9H2,1-3H3,(H,19,20)(H2,15,16,18,21). The first kappa shape index (κ1) is 17.4. The summed E-state index contributed by atoms with van der Waals surface area (Å²) in [4.78, 5) is 35.9. The molecule has 1 aliphatic heterocycles. The van der Waals surface area contributed by atoms with Crippen LogP contribution in [0.4, 0.5) is 4.79 Å². The number of nitrogens with zero attached hydrogens (tertiary/aromatic N) is 1. The Kier molecular flexibility index (Phi) is 6.14. The van der Waals surface area contributed by atoms with E-state index in [1.807, 2.05) is 25.7 Å². The number of likely N-dealkylation sites (tertiary alicyclic amines) is 1. The van der Waals surface area contributed by atoms with Gasteiger partial charge in [0.05, 0.1) is 6.54 Å². The molecule has 1 heterocycles. The molecule has 1 fully saturated rings. The molecule has 0 saturated carbocycles. The molecule has 1 saturated heterocycles. The molecule has 21 heavy (non-hydrogen) atoms. The summed E-state index contributed by atoms with van der Waals surface area (Å²) in [5.74, 6) is -0.926. The van der Waals surface area contributed by atoms with Gasteiger partial charge < -0.3 is 10.4 Å². The summed E-state index contributed by atoms with van der Waals surface area (Å²) in [6.07, 6.45) is 1.73. The summed E-state index contributed by atoms with van der Waals surface area (Å²) in [6, 6.07) is -0.492. The molecule has 0 aliphatic carbocycles. The van der Waals surface area contributed by atoms with Crippen LogP contribution >= 0.6 is 0 Å². The summed E-state index contributed by atoms with van der Waals surface area (Å²) in [6.45, 7) is 7.05. The van der Waals surface area contributed by atoms with Crippen molar-refractivity contribution in [3.8, 4) is 0 Å². The lowest BCUT2D eigenvalue weighted by atomic mass is 9.94. The molecule has 120 valence electrons. The van der Waals surface area contributed by atoms with E-state index in [-0.39, 0.29) is 30.3 Å². The number of hydrogen-bond donors (Lipinski definition) is 3. The zero-order valence-electron chi connectivity index (χ0n) is 12.9. The number of imide groups is 1. The predicted octanol–water partition coefficient (Wildman–Crippen LogP) is 0.797. The predicted molar refractivity (Wildman–Crippen MR) is 77.8 cm³/mol. The Bertz CT molecular complexity index is 396. The largest absolute Gasteiger partial charge is 0.481 e. The number of aliphatic carboxylic acids is 1. The van der Waals surface area contributed by atoms with Crippen LogP contribution in [0.3, 0.4) is 0 Å². The van der Waals surface area contributed by atoms with Crippen molar-refractivity contribution < 1.29 is 19.5 Å². The van der Waals surface area contributed by atoms with Crippen molar-refractivity contribution >= 4 is 17.9 Å². The Balaban J connectivity index is 2.27. The monoisotopic (exact) mass is 299 g/mol. The lowest BCUT2D eigenvalue weighted by Gasteiger charge is -2.30. The molecule has 0 bridgehead atoms. The first-order valence-electron chi connectivity index (χ1n) is 7.22. The van der Waals surface area contributed by atoms with Crippen molar-refractivity contribution in [3.63, 3.8) is 0 Å². The van der Waals surface area contributed by atoms with E-state index < -0.39 is 12.0 Å². The highest BCUT2D eigenvalue weighted by atomic mass is 16.4. The lowest BCUT2D eigenvalue weighted by molar-refractivity contribution is -0.138. The molecule has 0 aromatic carbocycles. The Morgan fingerprint density at radius 2 is 1.76 bits per heavy atom. The second-order valence-corrected chi connectivity index (χ2v) is 6.57. The van der Waals surface area contributed by atoms with E-state index in [1.54, 1.807) is 0 Å². The quantitative estimate of drug-likeness (QED) is 0.713. The summed E-state index contributed by atoms with van der Waals surface area (Å²) in [7, 11) is 0. The fraction of sp³-hybridized carbons (Fsp3) is 0.786. The van der Waals surface area contributed by atoms with Crippen molar-refractivity contribution in [2.24, 2.45) is 5.92 Å². The lowest BCUT2D eigenvalue weighted by Crippen LogP contribution is -2.51. The maximum absolute atomic E-state index is 11.8. The van der Waals surface area contributed by atoms with Gasteiger partial charge in [-0.2, -0.15) is 0 Å². The Hall–Kier alpha value is -1.63. The van der Waals surface area contributed by atoms with Crippen LogP contribution in [0, 0.1) is 5.92 Å². The van der Waals surface area contributed by atoms with Crippen LogP contribution in [-0.2, 0) is 9.59 Å². The maximum atomic E-state index is 11.8. The number of nitrogens with one attached hydrogen (secondary N) is 2. The van der Waals surface area contributed by atoms with Crippen molar-refractivity contribution in [2.45, 2.75) is 45.6 Å². The minimum Gasteiger partial charge on any atom is -0.481 e. The van der Waals surface area contributed by atoms with Crippen LogP contribution in [0.15, 0.2) is 0 Å². The van der Waals surface area contributed by atoms with Gasteiger partial charge in [0.15, 0.2) is 0 Å². The number of urea groups is 1. The van der Waals surface area contributed by atoms with E-state index in [2.05, 4.69) is 10.6 Å². The van der Waals surface area contributed by atoms with Gasteiger partial charge in [0, 0.05) is 12.0 Å². The number of rotatable bonds is 4. The fourth-order valence-corrected chi connectivity index (χ4v) is 2.34. The van der Waals surface area contributed by atoms with Crippen LogP contribution < -0.4 is 10.6 Å². The average molecular weight is 299 g/mol. The molecule has 0 atom stereocenters. The number of piperidine rings is 1. The zero-order valence-corrected chi connectivity index (χ0v) is 12.9. The highest BCUT2D eigenvalue weighted by Gasteiger charge is 2.23. The van der Waals surface area contributed by atoms with E-state index in [0.29, 0.717) is 13.1 Å². The van der Waals surface area contributed by atoms with Crippen LogP contribution in [0.1, 0.15) is 40.0 Å². The first-order valence-corrected chi connectivity index (χ1v) is 7.22. The van der Waals surface area contributed by atoms with Gasteiger partial charge in [-0.1, -0.05) is 0 Å². The Morgan fingerprint density at radius 1 is 1.19 bits per heavy atom. The zero-order chi connectivity index (χ0) is 16.0. The van der Waals surface area contributed by atoms with E-state index in [4.69, 9.17) is 5.11 Å². The van der Waals surface area contributed by atoms with Crippen LogP contribution in [0.2, 0.25) is 0 Å². The molecule has 0 unspecified atom stereocenters. The smallest absolute Gasteiger partial charge is 0.321 e. The highest BCUT2D eigenvalue weighted by molar-refractivity contribution is 5.95. The molecule has 7 heteroatoms. The third-order valence-corrected chi connectivity index (χ3v) is 3.28. The van der Waals surface area contributed by atoms with Gasteiger partial charge in [-0.15, -0.1) is 0 Å². The minimum absolute atomic E-state index is 0.164. The Labute approximate surface area is 125 Å². The van der Waals surface area contributed by atoms with Gasteiger partial charge in [0.1, 0.15) is 0 Å². The van der Waals surface area contributed by atoms with Crippen LogP contribution in [-0.4, -0.2) is 53.1 Å². The number of carbonyl (C=O) groups excluding carboxylic acids is 2. The molecular weight excluding hydrogens is 274 g/mol. The summed E-state index contributed by atoms with van der Waals surface area (Å²) >= 11 is 0. The molecule has 7 nitrogen and oxygen atoms in total. The molecule has 0 spiro atoms. The molecule has 0 aromatic heterocycles. The minimum atomic E-state index is -0.773. The van der Waals surface area contributed by atoms with Gasteiger partial charge in [0.2, 0.25) is 5.91 Å². The van der Waals surface area contributed by atoms with Gasteiger partial charge in [-0.3, -0.25) is 19.8 Å². The molecule has 3 amide bonds. The summed E-state index contributed by atoms with van der Waals surface area (Å²) in [5, 5.41) is 13.7. The molecule has 3 N–H and O–H groups in total. The number of carboxylic acid groups (broad SMARTS) is 1. The third kappa shape index (κ3) is 7.65. The van der Waals surface area contributed by atoms with Gasteiger partial charge in [0.25, 0.3) is 0 Å². The van der Waals surface area contributed by atoms with Gasteiger partial charge in [-0.05, 0) is 52.6 Å². The highest BCUT2D eigenvalue weighted by Crippen LogP contribution is 2.19.